The van der Waals surface area contributed by atoms with Gasteiger partial charge in [-0.1, -0.05) is 0 Å². The minimum absolute atomic E-state index is 0. The Balaban J connectivity index is 0.000000500. The molecule has 2 N–H and O–H groups in total. The average molecular weight is 163 g/mol. The quantitative estimate of drug-likeness (QED) is 0.512. The highest BCUT2D eigenvalue weighted by Gasteiger charge is 2.44. The number of carbonyl (C=O) groups excluding carboxylic acids is 1. The maximum atomic E-state index is 10.6. The van der Waals surface area contributed by atoms with E-state index in [2.05, 4.69) is 10.6 Å². The Morgan fingerprint density at radius 3 is 2.50 bits per heavy atom. The van der Waals surface area contributed by atoms with Gasteiger partial charge in [0.2, 0.25) is 5.91 Å². The molecule has 0 aromatic heterocycles. The summed E-state index contributed by atoms with van der Waals surface area (Å²) in [6.07, 6.45) is 2.46. The third kappa shape index (κ3) is 1.25. The summed E-state index contributed by atoms with van der Waals surface area (Å²) in [4.78, 5) is 10.6. The molecule has 0 aromatic carbocycles. The number of carbonyl (C=O) groups is 1. The maximum Gasteiger partial charge on any atom is 0.234 e. The standard InChI is InChI=1S/C6H10N2O.ClH/c9-5-3-8-6(1-2-6)4-7-5;/h8H,1-4H2,(H,7,9);1H. The number of piperazine rings is 1. The summed E-state index contributed by atoms with van der Waals surface area (Å²) in [5.41, 5.74) is 0.327. The van der Waals surface area contributed by atoms with Crippen LogP contribution in [0.3, 0.4) is 0 Å². The fraction of sp³-hybridized carbons (Fsp3) is 0.833. The number of nitrogens with one attached hydrogen (secondary N) is 2. The van der Waals surface area contributed by atoms with Crippen molar-refractivity contribution in [2.45, 2.75) is 18.4 Å². The molecule has 1 amide bonds. The van der Waals surface area contributed by atoms with Crippen LogP contribution in [-0.4, -0.2) is 24.5 Å². The number of rotatable bonds is 0. The fourth-order valence-electron chi connectivity index (χ4n) is 1.16. The summed E-state index contributed by atoms with van der Waals surface area (Å²) in [7, 11) is 0. The lowest BCUT2D eigenvalue weighted by Gasteiger charge is -2.22. The Morgan fingerprint density at radius 1 is 1.40 bits per heavy atom. The zero-order valence-corrected chi connectivity index (χ0v) is 6.46. The molecule has 58 valence electrons. The maximum absolute atomic E-state index is 10.6. The second kappa shape index (κ2) is 2.40. The predicted molar refractivity (Wildman–Crippen MR) is 40.2 cm³/mol. The van der Waals surface area contributed by atoms with Crippen LogP contribution >= 0.6 is 12.4 Å². The molecule has 2 aliphatic rings. The van der Waals surface area contributed by atoms with Crippen LogP contribution < -0.4 is 10.6 Å². The predicted octanol–water partition coefficient (Wildman–Crippen LogP) is -0.340. The molecule has 2 fully saturated rings. The first-order chi connectivity index (χ1) is 4.31. The molecule has 1 saturated carbocycles. The monoisotopic (exact) mass is 162 g/mol. The van der Waals surface area contributed by atoms with E-state index in [1.54, 1.807) is 0 Å². The molecule has 0 aromatic rings. The number of amides is 1. The van der Waals surface area contributed by atoms with Crippen molar-refractivity contribution < 1.29 is 4.79 Å². The largest absolute Gasteiger partial charge is 0.353 e. The van der Waals surface area contributed by atoms with Crippen molar-refractivity contribution in [3.05, 3.63) is 0 Å². The minimum atomic E-state index is 0. The third-order valence-corrected chi connectivity index (χ3v) is 2.10. The molecule has 0 bridgehead atoms. The van der Waals surface area contributed by atoms with Gasteiger partial charge in [0.15, 0.2) is 0 Å². The molecule has 2 rings (SSSR count). The first-order valence-electron chi connectivity index (χ1n) is 3.33. The topological polar surface area (TPSA) is 41.1 Å². The summed E-state index contributed by atoms with van der Waals surface area (Å²) in [6, 6.07) is 0. The summed E-state index contributed by atoms with van der Waals surface area (Å²) in [5.74, 6) is 0.132. The van der Waals surface area contributed by atoms with Crippen molar-refractivity contribution >= 4 is 18.3 Å². The van der Waals surface area contributed by atoms with Crippen molar-refractivity contribution in [3.8, 4) is 0 Å². The van der Waals surface area contributed by atoms with Gasteiger partial charge in [-0.05, 0) is 12.8 Å². The van der Waals surface area contributed by atoms with Crippen LogP contribution in [0.5, 0.6) is 0 Å². The summed E-state index contributed by atoms with van der Waals surface area (Å²) >= 11 is 0. The van der Waals surface area contributed by atoms with E-state index in [0.717, 1.165) is 6.54 Å². The van der Waals surface area contributed by atoms with Crippen molar-refractivity contribution in [1.82, 2.24) is 10.6 Å². The van der Waals surface area contributed by atoms with Gasteiger partial charge < -0.3 is 10.6 Å². The highest BCUT2D eigenvalue weighted by atomic mass is 35.5. The third-order valence-electron chi connectivity index (χ3n) is 2.10. The lowest BCUT2D eigenvalue weighted by Crippen LogP contribution is -2.53. The first kappa shape index (κ1) is 7.82. The Labute approximate surface area is 66.0 Å². The Morgan fingerprint density at radius 2 is 2.10 bits per heavy atom. The number of hydrogen-bond donors (Lipinski definition) is 2. The zero-order valence-electron chi connectivity index (χ0n) is 5.64. The van der Waals surface area contributed by atoms with Crippen molar-refractivity contribution in [2.75, 3.05) is 13.1 Å². The fourth-order valence-corrected chi connectivity index (χ4v) is 1.16. The van der Waals surface area contributed by atoms with Gasteiger partial charge in [0.25, 0.3) is 0 Å². The van der Waals surface area contributed by atoms with E-state index in [-0.39, 0.29) is 18.3 Å². The number of hydrogen-bond acceptors (Lipinski definition) is 2. The molecule has 1 saturated heterocycles. The van der Waals surface area contributed by atoms with E-state index in [1.807, 2.05) is 0 Å². The van der Waals surface area contributed by atoms with Gasteiger partial charge in [-0.2, -0.15) is 0 Å². The Bertz CT molecular complexity index is 144. The lowest BCUT2D eigenvalue weighted by atomic mass is 10.2. The van der Waals surface area contributed by atoms with Gasteiger partial charge in [0.05, 0.1) is 6.54 Å². The molecule has 0 atom stereocenters. The molecule has 1 heterocycles. The molecule has 1 spiro atoms. The van der Waals surface area contributed by atoms with E-state index < -0.39 is 0 Å². The Hall–Kier alpha value is -0.280. The van der Waals surface area contributed by atoms with Crippen LogP contribution in [0, 0.1) is 0 Å². The van der Waals surface area contributed by atoms with E-state index >= 15 is 0 Å². The van der Waals surface area contributed by atoms with Crippen molar-refractivity contribution in [3.63, 3.8) is 0 Å². The van der Waals surface area contributed by atoms with Crippen LogP contribution in [0.25, 0.3) is 0 Å². The van der Waals surface area contributed by atoms with Crippen LogP contribution in [0.1, 0.15) is 12.8 Å². The second-order valence-corrected chi connectivity index (χ2v) is 2.91. The molecule has 10 heavy (non-hydrogen) atoms. The molecule has 1 aliphatic carbocycles. The van der Waals surface area contributed by atoms with Gasteiger partial charge >= 0.3 is 0 Å². The highest BCUT2D eigenvalue weighted by molar-refractivity contribution is 5.85. The average Bonchev–Trinajstić information content (AvgIpc) is 2.60. The van der Waals surface area contributed by atoms with Crippen molar-refractivity contribution in [2.24, 2.45) is 0 Å². The summed E-state index contributed by atoms with van der Waals surface area (Å²) < 4.78 is 0. The normalized spacial score (nSPS) is 27.0. The van der Waals surface area contributed by atoms with Crippen LogP contribution in [0.15, 0.2) is 0 Å². The minimum Gasteiger partial charge on any atom is -0.353 e. The molecule has 0 unspecified atom stereocenters. The van der Waals surface area contributed by atoms with E-state index in [4.69, 9.17) is 0 Å². The van der Waals surface area contributed by atoms with Gasteiger partial charge in [-0.3, -0.25) is 4.79 Å². The second-order valence-electron chi connectivity index (χ2n) is 2.91. The highest BCUT2D eigenvalue weighted by Crippen LogP contribution is 2.35. The summed E-state index contributed by atoms with van der Waals surface area (Å²) in [5, 5.41) is 6.04. The van der Waals surface area contributed by atoms with Gasteiger partial charge in [0.1, 0.15) is 0 Å². The Kier molecular flexibility index (Phi) is 1.88. The van der Waals surface area contributed by atoms with E-state index in [1.165, 1.54) is 12.8 Å². The van der Waals surface area contributed by atoms with Gasteiger partial charge in [-0.25, -0.2) is 0 Å². The first-order valence-corrected chi connectivity index (χ1v) is 3.33. The molecule has 3 nitrogen and oxygen atoms in total. The van der Waals surface area contributed by atoms with Crippen molar-refractivity contribution in [1.29, 1.82) is 0 Å². The lowest BCUT2D eigenvalue weighted by molar-refractivity contribution is -0.121. The SMILES string of the molecule is Cl.O=C1CNC2(CC2)CN1. The van der Waals surface area contributed by atoms with Gasteiger partial charge in [-0.15, -0.1) is 12.4 Å². The molecule has 1 aliphatic heterocycles. The van der Waals surface area contributed by atoms with E-state index in [9.17, 15) is 4.79 Å². The van der Waals surface area contributed by atoms with Gasteiger partial charge in [0, 0.05) is 12.1 Å². The van der Waals surface area contributed by atoms with E-state index in [0.29, 0.717) is 12.1 Å². The molecule has 0 radical (unpaired) electrons. The van der Waals surface area contributed by atoms with Crippen LogP contribution in [0.4, 0.5) is 0 Å². The molecule has 4 heteroatoms. The molecular weight excluding hydrogens is 152 g/mol. The van der Waals surface area contributed by atoms with Crippen LogP contribution in [-0.2, 0) is 4.79 Å². The number of halogens is 1. The molecular formula is C6H11ClN2O. The smallest absolute Gasteiger partial charge is 0.234 e. The van der Waals surface area contributed by atoms with Crippen LogP contribution in [0.2, 0.25) is 0 Å². The summed E-state index contributed by atoms with van der Waals surface area (Å²) in [6.45, 7) is 1.35. The zero-order chi connectivity index (χ0) is 6.32.